The molecule has 1 aliphatic heterocycles. The van der Waals surface area contributed by atoms with Crippen molar-refractivity contribution in [1.82, 2.24) is 10.2 Å². The van der Waals surface area contributed by atoms with E-state index in [1.165, 1.54) is 0 Å². The number of piperidine rings is 1. The topological polar surface area (TPSA) is 58.6 Å². The van der Waals surface area contributed by atoms with Gasteiger partial charge in [0.25, 0.3) is 0 Å². The van der Waals surface area contributed by atoms with E-state index in [9.17, 15) is 9.59 Å². The van der Waals surface area contributed by atoms with Crippen LogP contribution in [0.2, 0.25) is 0 Å². The number of carbonyl (C=O) groups excluding carboxylic acids is 2. The molecule has 0 aromatic carbocycles. The predicted octanol–water partition coefficient (Wildman–Crippen LogP) is 3.57. The molecule has 5 heteroatoms. The quantitative estimate of drug-likeness (QED) is 0.862. The fourth-order valence-electron chi connectivity index (χ4n) is 2.73. The Balaban J connectivity index is 2.80. The van der Waals surface area contributed by atoms with Crippen LogP contribution in [0.15, 0.2) is 0 Å². The van der Waals surface area contributed by atoms with Crippen LogP contribution in [-0.2, 0) is 9.53 Å². The van der Waals surface area contributed by atoms with E-state index in [0.29, 0.717) is 6.54 Å². The molecule has 1 rings (SSSR count). The van der Waals surface area contributed by atoms with Gasteiger partial charge in [0.15, 0.2) is 0 Å². The van der Waals surface area contributed by atoms with Crippen LogP contribution in [0, 0.1) is 10.8 Å². The molecule has 0 aliphatic carbocycles. The summed E-state index contributed by atoms with van der Waals surface area (Å²) in [5, 5.41) is 2.95. The number of nitrogens with one attached hydrogen (secondary N) is 1. The SMILES string of the molecule is CC(C)(C)OC(=O)N[C@H](CN1CCCC(C)(C)C1=O)C(C)(C)C. The minimum atomic E-state index is -0.532. The predicted molar refractivity (Wildman–Crippen MR) is 92.2 cm³/mol. The van der Waals surface area contributed by atoms with Crippen molar-refractivity contribution in [3.63, 3.8) is 0 Å². The Hall–Kier alpha value is -1.26. The maximum Gasteiger partial charge on any atom is 0.407 e. The smallest absolute Gasteiger partial charge is 0.407 e. The summed E-state index contributed by atoms with van der Waals surface area (Å²) in [6.07, 6.45) is 1.49. The van der Waals surface area contributed by atoms with Crippen LogP contribution in [0.3, 0.4) is 0 Å². The average Bonchev–Trinajstić information content (AvgIpc) is 2.30. The van der Waals surface area contributed by atoms with Gasteiger partial charge in [-0.15, -0.1) is 0 Å². The number of amides is 2. The Labute approximate surface area is 141 Å². The molecule has 134 valence electrons. The molecule has 1 aliphatic rings. The van der Waals surface area contributed by atoms with Gasteiger partial charge in [-0.05, 0) is 39.0 Å². The van der Waals surface area contributed by atoms with Crippen LogP contribution >= 0.6 is 0 Å². The minimum Gasteiger partial charge on any atom is -0.444 e. The van der Waals surface area contributed by atoms with Crippen molar-refractivity contribution in [3.8, 4) is 0 Å². The third-order valence-electron chi connectivity index (χ3n) is 4.24. The molecule has 0 aromatic rings. The summed E-state index contributed by atoms with van der Waals surface area (Å²) < 4.78 is 5.37. The van der Waals surface area contributed by atoms with E-state index in [4.69, 9.17) is 4.74 Å². The van der Waals surface area contributed by atoms with Gasteiger partial charge < -0.3 is 15.0 Å². The highest BCUT2D eigenvalue weighted by atomic mass is 16.6. The Morgan fingerprint density at radius 1 is 1.26 bits per heavy atom. The number of carbonyl (C=O) groups is 2. The monoisotopic (exact) mass is 326 g/mol. The Kier molecular flexibility index (Phi) is 5.76. The molecule has 0 bridgehead atoms. The maximum absolute atomic E-state index is 12.6. The highest BCUT2D eigenvalue weighted by Gasteiger charge is 2.38. The van der Waals surface area contributed by atoms with E-state index in [1.807, 2.05) is 39.5 Å². The van der Waals surface area contributed by atoms with E-state index in [1.54, 1.807) is 0 Å². The van der Waals surface area contributed by atoms with Crippen molar-refractivity contribution in [2.24, 2.45) is 10.8 Å². The number of nitrogens with zero attached hydrogens (tertiary/aromatic N) is 1. The summed E-state index contributed by atoms with van der Waals surface area (Å²) in [5.74, 6) is 0.170. The molecule has 0 aromatic heterocycles. The Morgan fingerprint density at radius 2 is 1.83 bits per heavy atom. The standard InChI is InChI=1S/C18H34N2O3/c1-16(2,3)13(19-15(22)23-17(4,5)6)12-20-11-9-10-18(7,8)14(20)21/h13H,9-12H2,1-8H3,(H,19,22)/t13-/m1/s1. The third kappa shape index (κ3) is 6.04. The van der Waals surface area contributed by atoms with Gasteiger partial charge in [0.05, 0.1) is 6.04 Å². The zero-order valence-electron chi connectivity index (χ0n) is 16.1. The van der Waals surface area contributed by atoms with Crippen LogP contribution in [0.5, 0.6) is 0 Å². The minimum absolute atomic E-state index is 0.157. The van der Waals surface area contributed by atoms with Gasteiger partial charge in [0.2, 0.25) is 5.91 Å². The largest absolute Gasteiger partial charge is 0.444 e. The number of rotatable bonds is 3. The maximum atomic E-state index is 12.6. The third-order valence-corrected chi connectivity index (χ3v) is 4.24. The number of hydrogen-bond acceptors (Lipinski definition) is 3. The first-order valence-electron chi connectivity index (χ1n) is 8.51. The molecule has 1 atom stereocenters. The van der Waals surface area contributed by atoms with E-state index in [0.717, 1.165) is 19.4 Å². The lowest BCUT2D eigenvalue weighted by Crippen LogP contribution is -2.56. The van der Waals surface area contributed by atoms with Crippen molar-refractivity contribution in [2.45, 2.75) is 79.9 Å². The van der Waals surface area contributed by atoms with E-state index in [-0.39, 0.29) is 22.8 Å². The second-order valence-corrected chi connectivity index (χ2v) is 9.30. The van der Waals surface area contributed by atoms with Crippen LogP contribution in [0.1, 0.15) is 68.2 Å². The first-order chi connectivity index (χ1) is 10.2. The molecule has 1 fully saturated rings. The molecule has 1 saturated heterocycles. The fourth-order valence-corrected chi connectivity index (χ4v) is 2.73. The van der Waals surface area contributed by atoms with Crippen molar-refractivity contribution < 1.29 is 14.3 Å². The zero-order valence-corrected chi connectivity index (χ0v) is 16.1. The second kappa shape index (κ2) is 6.70. The molecule has 0 saturated carbocycles. The molecule has 2 amide bonds. The summed E-state index contributed by atoms with van der Waals surface area (Å²) in [6, 6.07) is -0.157. The number of alkyl carbamates (subject to hydrolysis) is 1. The lowest BCUT2D eigenvalue weighted by Gasteiger charge is -2.41. The van der Waals surface area contributed by atoms with E-state index >= 15 is 0 Å². The highest BCUT2D eigenvalue weighted by molar-refractivity contribution is 5.82. The van der Waals surface area contributed by atoms with Crippen LogP contribution < -0.4 is 5.32 Å². The Morgan fingerprint density at radius 3 is 2.30 bits per heavy atom. The van der Waals surface area contributed by atoms with Gasteiger partial charge in [-0.2, -0.15) is 0 Å². The van der Waals surface area contributed by atoms with Crippen molar-refractivity contribution in [2.75, 3.05) is 13.1 Å². The average molecular weight is 326 g/mol. The van der Waals surface area contributed by atoms with Crippen LogP contribution in [0.25, 0.3) is 0 Å². The van der Waals surface area contributed by atoms with Gasteiger partial charge >= 0.3 is 6.09 Å². The molecule has 0 unspecified atom stereocenters. The van der Waals surface area contributed by atoms with E-state index in [2.05, 4.69) is 26.1 Å². The van der Waals surface area contributed by atoms with E-state index < -0.39 is 11.7 Å². The summed E-state index contributed by atoms with van der Waals surface area (Å²) in [4.78, 5) is 26.6. The Bertz CT molecular complexity index is 444. The van der Waals surface area contributed by atoms with Crippen molar-refractivity contribution in [3.05, 3.63) is 0 Å². The van der Waals surface area contributed by atoms with Gasteiger partial charge in [-0.25, -0.2) is 4.79 Å². The fraction of sp³-hybridized carbons (Fsp3) is 0.889. The number of hydrogen-bond donors (Lipinski definition) is 1. The second-order valence-electron chi connectivity index (χ2n) is 9.30. The van der Waals surface area contributed by atoms with Gasteiger partial charge in [0.1, 0.15) is 5.60 Å². The molecule has 1 heterocycles. The van der Waals surface area contributed by atoms with Crippen LogP contribution in [0.4, 0.5) is 4.79 Å². The summed E-state index contributed by atoms with van der Waals surface area (Å²) >= 11 is 0. The molecule has 1 N–H and O–H groups in total. The molecule has 23 heavy (non-hydrogen) atoms. The number of ether oxygens (including phenoxy) is 1. The zero-order chi connectivity index (χ0) is 18.1. The van der Waals surface area contributed by atoms with Gasteiger partial charge in [-0.3, -0.25) is 4.79 Å². The molecule has 0 spiro atoms. The molecule has 5 nitrogen and oxygen atoms in total. The summed E-state index contributed by atoms with van der Waals surface area (Å²) in [7, 11) is 0. The number of likely N-dealkylation sites (tertiary alicyclic amines) is 1. The molecule has 0 radical (unpaired) electrons. The first kappa shape index (κ1) is 19.8. The molecular formula is C18H34N2O3. The highest BCUT2D eigenvalue weighted by Crippen LogP contribution is 2.31. The van der Waals surface area contributed by atoms with Crippen LogP contribution in [-0.4, -0.2) is 41.6 Å². The lowest BCUT2D eigenvalue weighted by atomic mass is 9.81. The van der Waals surface area contributed by atoms with Gasteiger partial charge in [0, 0.05) is 18.5 Å². The summed E-state index contributed by atoms with van der Waals surface area (Å²) in [6.45, 7) is 17.0. The van der Waals surface area contributed by atoms with Gasteiger partial charge in [-0.1, -0.05) is 34.6 Å². The lowest BCUT2D eigenvalue weighted by molar-refractivity contribution is -0.144. The van der Waals surface area contributed by atoms with Crippen molar-refractivity contribution in [1.29, 1.82) is 0 Å². The first-order valence-corrected chi connectivity index (χ1v) is 8.51. The molecular weight excluding hydrogens is 292 g/mol. The van der Waals surface area contributed by atoms with Crippen molar-refractivity contribution >= 4 is 12.0 Å². The summed E-state index contributed by atoms with van der Waals surface area (Å²) in [5.41, 5.74) is -1.01. The normalized spacial score (nSPS) is 20.2.